The number of nitrogens with one attached hydrogen (secondary N) is 1. The molecule has 2 aliphatic rings. The van der Waals surface area contributed by atoms with Crippen LogP contribution in [-0.2, 0) is 19.2 Å². The second-order valence-corrected chi connectivity index (χ2v) is 10.1. The van der Waals surface area contributed by atoms with Gasteiger partial charge in [0.15, 0.2) is 6.23 Å². The number of hydrogen-bond donors (Lipinski definition) is 4. The van der Waals surface area contributed by atoms with Gasteiger partial charge in [0.1, 0.15) is 17.2 Å². The number of hydrogen-bond acceptors (Lipinski definition) is 6. The molecule has 5 rings (SSSR count). The SMILES string of the molecule is CCn1nc(N)cc1C1(O)CC2CC(c3ncn(C)c3C(O)Nc3ccc(F)c(Cl)c3)CC2C1. The zero-order valence-corrected chi connectivity index (χ0v) is 20.0. The van der Waals surface area contributed by atoms with Crippen LogP contribution in [0.3, 0.4) is 0 Å². The van der Waals surface area contributed by atoms with Crippen molar-refractivity contribution in [3.05, 3.63) is 58.5 Å². The smallest absolute Gasteiger partial charge is 0.167 e. The zero-order valence-electron chi connectivity index (χ0n) is 19.2. The van der Waals surface area contributed by atoms with Gasteiger partial charge < -0.3 is 25.8 Å². The van der Waals surface area contributed by atoms with Gasteiger partial charge in [-0.05, 0) is 62.6 Å². The summed E-state index contributed by atoms with van der Waals surface area (Å²) < 4.78 is 17.1. The first-order valence-electron chi connectivity index (χ1n) is 11.7. The van der Waals surface area contributed by atoms with E-state index >= 15 is 0 Å². The monoisotopic (exact) mass is 488 g/mol. The van der Waals surface area contributed by atoms with E-state index in [-0.39, 0.29) is 10.9 Å². The van der Waals surface area contributed by atoms with E-state index in [4.69, 9.17) is 17.3 Å². The average Bonchev–Trinajstić information content (AvgIpc) is 3.52. The molecule has 0 amide bonds. The Morgan fingerprint density at radius 3 is 2.65 bits per heavy atom. The molecular formula is C24H30ClFN6O2. The van der Waals surface area contributed by atoms with E-state index in [0.29, 0.717) is 48.4 Å². The maximum atomic E-state index is 13.5. The molecule has 3 unspecified atom stereocenters. The minimum absolute atomic E-state index is 0.00953. The van der Waals surface area contributed by atoms with E-state index in [0.717, 1.165) is 24.2 Å². The highest BCUT2D eigenvalue weighted by atomic mass is 35.5. The van der Waals surface area contributed by atoms with E-state index in [1.54, 1.807) is 17.1 Å². The number of rotatable bonds is 6. The number of aryl methyl sites for hydroxylation is 2. The lowest BCUT2D eigenvalue weighted by Gasteiger charge is -2.25. The Morgan fingerprint density at radius 1 is 1.29 bits per heavy atom. The van der Waals surface area contributed by atoms with Crippen LogP contribution in [-0.4, -0.2) is 29.5 Å². The third-order valence-electron chi connectivity index (χ3n) is 7.50. The van der Waals surface area contributed by atoms with Crippen LogP contribution in [0.25, 0.3) is 0 Å². The molecule has 2 heterocycles. The molecule has 2 aromatic heterocycles. The lowest BCUT2D eigenvalue weighted by atomic mass is 9.90. The number of imidazole rings is 1. The van der Waals surface area contributed by atoms with Crippen molar-refractivity contribution in [2.24, 2.45) is 18.9 Å². The molecule has 0 bridgehead atoms. The molecule has 3 atom stereocenters. The van der Waals surface area contributed by atoms with Crippen molar-refractivity contribution in [1.29, 1.82) is 0 Å². The fourth-order valence-electron chi connectivity index (χ4n) is 6.07. The third kappa shape index (κ3) is 3.95. The Morgan fingerprint density at radius 2 is 2.00 bits per heavy atom. The largest absolute Gasteiger partial charge is 0.384 e. The topological polar surface area (TPSA) is 114 Å². The molecule has 2 saturated carbocycles. The highest BCUT2D eigenvalue weighted by molar-refractivity contribution is 6.31. The molecule has 8 nitrogen and oxygen atoms in total. The molecule has 0 spiro atoms. The molecule has 182 valence electrons. The second-order valence-electron chi connectivity index (χ2n) is 9.70. The normalized spacial score (nSPS) is 27.2. The number of halogens is 2. The van der Waals surface area contributed by atoms with Crippen molar-refractivity contribution >= 4 is 23.1 Å². The van der Waals surface area contributed by atoms with Crippen molar-refractivity contribution < 1.29 is 14.6 Å². The molecule has 2 aliphatic carbocycles. The van der Waals surface area contributed by atoms with Gasteiger partial charge in [0, 0.05) is 31.3 Å². The minimum Gasteiger partial charge on any atom is -0.384 e. The molecule has 34 heavy (non-hydrogen) atoms. The summed E-state index contributed by atoms with van der Waals surface area (Å²) in [4.78, 5) is 4.63. The lowest BCUT2D eigenvalue weighted by molar-refractivity contribution is 0.0254. The first kappa shape index (κ1) is 23.1. The third-order valence-corrected chi connectivity index (χ3v) is 7.79. The van der Waals surface area contributed by atoms with Gasteiger partial charge in [-0.3, -0.25) is 4.68 Å². The summed E-state index contributed by atoms with van der Waals surface area (Å²) in [6.07, 6.45) is 3.79. The summed E-state index contributed by atoms with van der Waals surface area (Å²) in [5.74, 6) is 0.817. The summed E-state index contributed by atoms with van der Waals surface area (Å²) in [6.45, 7) is 2.65. The van der Waals surface area contributed by atoms with Gasteiger partial charge >= 0.3 is 0 Å². The van der Waals surface area contributed by atoms with Crippen molar-refractivity contribution in [3.63, 3.8) is 0 Å². The lowest BCUT2D eigenvalue weighted by Crippen LogP contribution is -2.27. The quantitative estimate of drug-likeness (QED) is 0.391. The number of nitrogens with zero attached hydrogens (tertiary/aromatic N) is 4. The number of nitrogens with two attached hydrogens (primary N) is 1. The van der Waals surface area contributed by atoms with Gasteiger partial charge in [0.2, 0.25) is 0 Å². The highest BCUT2D eigenvalue weighted by Crippen LogP contribution is 2.57. The average molecular weight is 489 g/mol. The number of nitrogen functional groups attached to an aromatic ring is 1. The van der Waals surface area contributed by atoms with Crippen LogP contribution in [0.15, 0.2) is 30.6 Å². The number of benzene rings is 1. The summed E-state index contributed by atoms with van der Waals surface area (Å²) in [7, 11) is 1.85. The summed E-state index contributed by atoms with van der Waals surface area (Å²) in [5, 5.41) is 29.8. The first-order chi connectivity index (χ1) is 16.2. The maximum absolute atomic E-state index is 13.5. The van der Waals surface area contributed by atoms with Crippen LogP contribution in [0.1, 0.15) is 61.8 Å². The Labute approximate surface area is 202 Å². The van der Waals surface area contributed by atoms with Gasteiger partial charge in [-0.2, -0.15) is 5.10 Å². The number of aliphatic hydroxyl groups excluding tert-OH is 1. The standard InChI is InChI=1S/C24H30ClFN6O2/c1-3-32-19(9-20(27)30-32)24(34)10-14-6-13(7-15(14)11-24)21-22(31(2)12-28-21)23(33)29-16-4-5-18(26)17(25)8-16/h4-5,8-9,12-15,23,29,33-34H,3,6-7,10-11H2,1-2H3,(H2,27,30). The van der Waals surface area contributed by atoms with Crippen molar-refractivity contribution in [2.45, 2.75) is 56.9 Å². The molecule has 2 fully saturated rings. The Bertz CT molecular complexity index is 1200. The number of aromatic nitrogens is 4. The second kappa shape index (κ2) is 8.55. The Kier molecular flexibility index (Phi) is 5.82. The van der Waals surface area contributed by atoms with E-state index in [2.05, 4.69) is 15.4 Å². The van der Waals surface area contributed by atoms with Crippen LogP contribution < -0.4 is 11.1 Å². The number of fused-ring (bicyclic) bond motifs is 1. The van der Waals surface area contributed by atoms with Crippen molar-refractivity contribution in [3.8, 4) is 0 Å². The van der Waals surface area contributed by atoms with Gasteiger partial charge in [-0.1, -0.05) is 11.6 Å². The van der Waals surface area contributed by atoms with Crippen LogP contribution >= 0.6 is 11.6 Å². The fourth-order valence-corrected chi connectivity index (χ4v) is 6.25. The maximum Gasteiger partial charge on any atom is 0.167 e. The van der Waals surface area contributed by atoms with Gasteiger partial charge in [0.25, 0.3) is 0 Å². The molecule has 0 aliphatic heterocycles. The Hall–Kier alpha value is -2.62. The van der Waals surface area contributed by atoms with E-state index < -0.39 is 17.6 Å². The number of aliphatic hydroxyl groups is 2. The van der Waals surface area contributed by atoms with Gasteiger partial charge in [0.05, 0.1) is 28.4 Å². The van der Waals surface area contributed by atoms with Crippen molar-refractivity contribution in [1.82, 2.24) is 19.3 Å². The molecule has 0 saturated heterocycles. The molecule has 10 heteroatoms. The molecular weight excluding hydrogens is 459 g/mol. The van der Waals surface area contributed by atoms with E-state index in [1.807, 2.05) is 18.5 Å². The van der Waals surface area contributed by atoms with Gasteiger partial charge in [-0.25, -0.2) is 9.37 Å². The Balaban J connectivity index is 1.32. The van der Waals surface area contributed by atoms with Gasteiger partial charge in [-0.15, -0.1) is 0 Å². The highest BCUT2D eigenvalue weighted by Gasteiger charge is 2.51. The van der Waals surface area contributed by atoms with Crippen LogP contribution in [0.2, 0.25) is 5.02 Å². The fraction of sp³-hybridized carbons (Fsp3) is 0.500. The summed E-state index contributed by atoms with van der Waals surface area (Å²) in [5.41, 5.74) is 7.84. The molecule has 3 aromatic rings. The van der Waals surface area contributed by atoms with E-state index in [1.165, 1.54) is 18.2 Å². The first-order valence-corrected chi connectivity index (χ1v) is 12.0. The molecule has 5 N–H and O–H groups in total. The van der Waals surface area contributed by atoms with Crippen LogP contribution in [0.4, 0.5) is 15.9 Å². The number of anilines is 2. The molecule has 1 aromatic carbocycles. The van der Waals surface area contributed by atoms with Crippen molar-refractivity contribution in [2.75, 3.05) is 11.1 Å². The summed E-state index contributed by atoms with van der Waals surface area (Å²) >= 11 is 5.88. The predicted molar refractivity (Wildman–Crippen MR) is 128 cm³/mol. The summed E-state index contributed by atoms with van der Waals surface area (Å²) in [6, 6.07) is 6.04. The predicted octanol–water partition coefficient (Wildman–Crippen LogP) is 3.91. The minimum atomic E-state index is -1.02. The van der Waals surface area contributed by atoms with Crippen LogP contribution in [0, 0.1) is 17.7 Å². The zero-order chi connectivity index (χ0) is 24.2. The van der Waals surface area contributed by atoms with Crippen LogP contribution in [0.5, 0.6) is 0 Å². The molecule has 0 radical (unpaired) electrons. The van der Waals surface area contributed by atoms with E-state index in [9.17, 15) is 14.6 Å².